The van der Waals surface area contributed by atoms with Crippen LogP contribution in [0.2, 0.25) is 0 Å². The van der Waals surface area contributed by atoms with Crippen LogP contribution < -0.4 is 5.32 Å². The van der Waals surface area contributed by atoms with Gasteiger partial charge in [-0.1, -0.05) is 0 Å². The van der Waals surface area contributed by atoms with E-state index in [1.54, 1.807) is 0 Å². The fraction of sp³-hybridized carbons (Fsp3) is 0.857. The van der Waals surface area contributed by atoms with Crippen LogP contribution in [0.4, 0.5) is 0 Å². The van der Waals surface area contributed by atoms with Crippen LogP contribution in [0.1, 0.15) is 32.1 Å². The van der Waals surface area contributed by atoms with Crippen molar-refractivity contribution >= 4 is 5.91 Å². The quantitative estimate of drug-likeness (QED) is 0.825. The predicted octanol–water partition coefficient (Wildman–Crippen LogP) is 0.990. The largest absolute Gasteiger partial charge is 0.381 e. The first-order valence-corrected chi connectivity index (χ1v) is 7.17. The molecular formula is C14H20N2O3. The molecule has 1 aliphatic carbocycles. The Bertz CT molecular complexity index is 394. The van der Waals surface area contributed by atoms with Crippen LogP contribution in [-0.2, 0) is 14.3 Å². The van der Waals surface area contributed by atoms with Gasteiger partial charge in [0.1, 0.15) is 5.41 Å². The number of nitrogens with one attached hydrogen (secondary N) is 1. The van der Waals surface area contributed by atoms with Crippen LogP contribution in [-0.4, -0.2) is 37.9 Å². The Morgan fingerprint density at radius 2 is 1.95 bits per heavy atom. The van der Waals surface area contributed by atoms with Crippen molar-refractivity contribution in [3.63, 3.8) is 0 Å². The van der Waals surface area contributed by atoms with E-state index in [0.717, 1.165) is 13.0 Å². The Labute approximate surface area is 113 Å². The van der Waals surface area contributed by atoms with Gasteiger partial charge < -0.3 is 14.8 Å². The summed E-state index contributed by atoms with van der Waals surface area (Å²) in [6.45, 7) is 1.71. The minimum absolute atomic E-state index is 0.0908. The summed E-state index contributed by atoms with van der Waals surface area (Å²) in [7, 11) is 0. The Morgan fingerprint density at radius 1 is 1.21 bits per heavy atom. The monoisotopic (exact) mass is 264 g/mol. The van der Waals surface area contributed by atoms with Crippen LogP contribution in [0.15, 0.2) is 0 Å². The van der Waals surface area contributed by atoms with E-state index in [0.29, 0.717) is 32.0 Å². The minimum atomic E-state index is -0.894. The lowest BCUT2D eigenvalue weighted by Gasteiger charge is -2.31. The van der Waals surface area contributed by atoms with Crippen molar-refractivity contribution in [3.8, 4) is 6.07 Å². The molecule has 5 heteroatoms. The molecule has 2 atom stereocenters. The van der Waals surface area contributed by atoms with Gasteiger partial charge in [-0.25, -0.2) is 0 Å². The van der Waals surface area contributed by atoms with Gasteiger partial charge in [0, 0.05) is 19.8 Å². The number of carbonyl (C=O) groups is 1. The normalized spacial score (nSPS) is 33.6. The maximum atomic E-state index is 12.5. The first-order chi connectivity index (χ1) is 9.25. The Hall–Kier alpha value is -1.12. The first kappa shape index (κ1) is 12.9. The molecule has 0 aromatic rings. The molecule has 0 aromatic heterocycles. The molecule has 3 fully saturated rings. The minimum Gasteiger partial charge on any atom is -0.381 e. The van der Waals surface area contributed by atoms with Gasteiger partial charge in [-0.3, -0.25) is 4.79 Å². The van der Waals surface area contributed by atoms with E-state index in [1.165, 1.54) is 12.8 Å². The second kappa shape index (κ2) is 5.10. The fourth-order valence-electron chi connectivity index (χ4n) is 3.07. The summed E-state index contributed by atoms with van der Waals surface area (Å²) in [6.07, 6.45) is 4.43. The van der Waals surface area contributed by atoms with Crippen LogP contribution in [0.25, 0.3) is 0 Å². The maximum absolute atomic E-state index is 12.5. The van der Waals surface area contributed by atoms with E-state index in [1.807, 2.05) is 0 Å². The zero-order valence-corrected chi connectivity index (χ0v) is 11.1. The van der Waals surface area contributed by atoms with Crippen molar-refractivity contribution in [3.05, 3.63) is 0 Å². The number of carbonyl (C=O) groups excluding carboxylic acids is 1. The smallest absolute Gasteiger partial charge is 0.240 e. The molecule has 19 heavy (non-hydrogen) atoms. The molecule has 1 amide bonds. The molecule has 5 nitrogen and oxygen atoms in total. The van der Waals surface area contributed by atoms with Gasteiger partial charge >= 0.3 is 0 Å². The van der Waals surface area contributed by atoms with Crippen molar-refractivity contribution in [1.82, 2.24) is 5.32 Å². The lowest BCUT2D eigenvalue weighted by Crippen LogP contribution is -2.50. The number of ether oxygens (including phenoxy) is 2. The summed E-state index contributed by atoms with van der Waals surface area (Å²) in [5.74, 6) is 0.486. The summed E-state index contributed by atoms with van der Waals surface area (Å²) in [5.41, 5.74) is -0.894. The molecule has 104 valence electrons. The van der Waals surface area contributed by atoms with Crippen LogP contribution in [0, 0.1) is 22.7 Å². The second-order valence-electron chi connectivity index (χ2n) is 5.85. The van der Waals surface area contributed by atoms with Gasteiger partial charge in [0.05, 0.1) is 18.2 Å². The average molecular weight is 264 g/mol. The molecule has 0 spiro atoms. The van der Waals surface area contributed by atoms with Crippen molar-refractivity contribution in [1.29, 1.82) is 5.26 Å². The van der Waals surface area contributed by atoms with Gasteiger partial charge in [0.2, 0.25) is 5.91 Å². The number of nitriles is 1. The van der Waals surface area contributed by atoms with Crippen molar-refractivity contribution in [2.75, 3.05) is 19.8 Å². The van der Waals surface area contributed by atoms with E-state index < -0.39 is 5.41 Å². The van der Waals surface area contributed by atoms with Crippen molar-refractivity contribution in [2.45, 2.75) is 44.2 Å². The summed E-state index contributed by atoms with van der Waals surface area (Å²) < 4.78 is 11.0. The van der Waals surface area contributed by atoms with E-state index in [-0.39, 0.29) is 18.1 Å². The summed E-state index contributed by atoms with van der Waals surface area (Å²) >= 11 is 0. The van der Waals surface area contributed by atoms with E-state index in [2.05, 4.69) is 11.4 Å². The molecular weight excluding hydrogens is 244 g/mol. The number of hydrogen-bond acceptors (Lipinski definition) is 4. The molecule has 2 aliphatic heterocycles. The van der Waals surface area contributed by atoms with Crippen molar-refractivity contribution in [2.24, 2.45) is 11.3 Å². The van der Waals surface area contributed by atoms with Gasteiger partial charge in [-0.05, 0) is 38.0 Å². The molecule has 1 saturated carbocycles. The summed E-state index contributed by atoms with van der Waals surface area (Å²) in [5, 5.41) is 12.4. The van der Waals surface area contributed by atoms with Crippen LogP contribution in [0.5, 0.6) is 0 Å². The zero-order valence-electron chi connectivity index (χ0n) is 11.1. The molecule has 1 N–H and O–H groups in total. The number of hydrogen-bond donors (Lipinski definition) is 1. The van der Waals surface area contributed by atoms with Gasteiger partial charge in [0.25, 0.3) is 0 Å². The highest BCUT2D eigenvalue weighted by Gasteiger charge is 2.45. The third kappa shape index (κ3) is 2.47. The lowest BCUT2D eigenvalue weighted by molar-refractivity contribution is -0.133. The summed E-state index contributed by atoms with van der Waals surface area (Å²) in [4.78, 5) is 12.5. The molecule has 3 aliphatic rings. The number of rotatable bonds is 3. The highest BCUT2D eigenvalue weighted by atomic mass is 16.5. The molecule has 0 aromatic carbocycles. The second-order valence-corrected chi connectivity index (χ2v) is 5.85. The van der Waals surface area contributed by atoms with E-state index >= 15 is 0 Å². The van der Waals surface area contributed by atoms with Gasteiger partial charge in [0.15, 0.2) is 0 Å². The highest BCUT2D eigenvalue weighted by molar-refractivity contribution is 5.85. The Kier molecular flexibility index (Phi) is 3.46. The molecule has 2 unspecified atom stereocenters. The standard InChI is InChI=1S/C14H20N2O3/c15-9-14(4-7-18-8-5-14)13(17)16-11-3-6-19-12(11)10-1-2-10/h10-12H,1-8H2,(H,16,17). The van der Waals surface area contributed by atoms with E-state index in [4.69, 9.17) is 9.47 Å². The van der Waals surface area contributed by atoms with Gasteiger partial charge in [-0.15, -0.1) is 0 Å². The predicted molar refractivity (Wildman–Crippen MR) is 67.1 cm³/mol. The SMILES string of the molecule is N#CC1(C(=O)NC2CCOC2C2CC2)CCOCC1. The number of amides is 1. The molecule has 2 heterocycles. The lowest BCUT2D eigenvalue weighted by atomic mass is 9.80. The third-order valence-electron chi connectivity index (χ3n) is 4.53. The molecule has 0 radical (unpaired) electrons. The fourth-order valence-corrected chi connectivity index (χ4v) is 3.07. The Balaban J connectivity index is 1.64. The van der Waals surface area contributed by atoms with Crippen LogP contribution >= 0.6 is 0 Å². The highest BCUT2D eigenvalue weighted by Crippen LogP contribution is 2.39. The summed E-state index contributed by atoms with van der Waals surface area (Å²) in [6, 6.07) is 2.31. The average Bonchev–Trinajstić information content (AvgIpc) is 3.20. The maximum Gasteiger partial charge on any atom is 0.240 e. The van der Waals surface area contributed by atoms with Gasteiger partial charge in [-0.2, -0.15) is 5.26 Å². The van der Waals surface area contributed by atoms with Crippen molar-refractivity contribution < 1.29 is 14.3 Å². The first-order valence-electron chi connectivity index (χ1n) is 7.17. The van der Waals surface area contributed by atoms with E-state index in [9.17, 15) is 10.1 Å². The molecule has 2 saturated heterocycles. The zero-order chi connectivity index (χ0) is 13.3. The third-order valence-corrected chi connectivity index (χ3v) is 4.53. The Morgan fingerprint density at radius 3 is 2.58 bits per heavy atom. The molecule has 3 rings (SSSR count). The topological polar surface area (TPSA) is 71.4 Å². The molecule has 0 bridgehead atoms. The number of nitrogens with zero attached hydrogens (tertiary/aromatic N) is 1. The van der Waals surface area contributed by atoms with Crippen LogP contribution in [0.3, 0.4) is 0 Å².